The molecule has 0 saturated heterocycles. The summed E-state index contributed by atoms with van der Waals surface area (Å²) in [6.45, 7) is 0. The number of rotatable bonds is 3. The van der Waals surface area contributed by atoms with Crippen LogP contribution in [-0.4, -0.2) is 9.97 Å². The van der Waals surface area contributed by atoms with Gasteiger partial charge < -0.3 is 9.15 Å². The third kappa shape index (κ3) is 4.55. The summed E-state index contributed by atoms with van der Waals surface area (Å²) >= 11 is 1.75. The fraction of sp³-hybridized carbons (Fsp3) is 0.0175. The van der Waals surface area contributed by atoms with Gasteiger partial charge in [-0.25, -0.2) is 9.97 Å². The van der Waals surface area contributed by atoms with E-state index in [4.69, 9.17) is 19.1 Å². The van der Waals surface area contributed by atoms with E-state index in [9.17, 15) is 0 Å². The lowest BCUT2D eigenvalue weighted by Crippen LogP contribution is -2.32. The second-order valence-corrected chi connectivity index (χ2v) is 17.4. The molecule has 4 heterocycles. The molecule has 2 aliphatic rings. The molecule has 62 heavy (non-hydrogen) atoms. The number of hydrogen-bond donors (Lipinski definition) is 0. The van der Waals surface area contributed by atoms with Gasteiger partial charge in [-0.1, -0.05) is 146 Å². The number of aromatic nitrogens is 2. The zero-order chi connectivity index (χ0) is 40.5. The van der Waals surface area contributed by atoms with Crippen molar-refractivity contribution in [2.75, 3.05) is 0 Å². The maximum Gasteiger partial charge on any atom is 0.160 e. The summed E-state index contributed by atoms with van der Waals surface area (Å²) < 4.78 is 15.6. The van der Waals surface area contributed by atoms with Gasteiger partial charge in [0.05, 0.1) is 21.3 Å². The van der Waals surface area contributed by atoms with Gasteiger partial charge in [0.2, 0.25) is 0 Å². The Morgan fingerprint density at radius 2 is 1.15 bits per heavy atom. The lowest BCUT2D eigenvalue weighted by atomic mass is 9.66. The summed E-state index contributed by atoms with van der Waals surface area (Å²) in [5.74, 6) is 2.48. The molecule has 0 N–H and O–H groups in total. The standard InChI is InChI=1S/C57H32N2O2S/c1-2-14-33(15-3-1)56-58-53-38-18-6-11-27-50(38)62-55(53)54(59-56)39-20-13-26-49-52(39)41-31-36(28-29-46(41)60-49)37-19-12-23-44-51(37)40-30-34-16-4-5-17-35(34)32-45(40)57(44)42-21-7-9-24-47(42)61-48-25-10-8-22-43(48)57/h1-32H. The molecule has 14 rings (SSSR count). The highest BCUT2D eigenvalue weighted by atomic mass is 32.1. The Morgan fingerprint density at radius 1 is 0.452 bits per heavy atom. The Hall–Kier alpha value is -7.86. The van der Waals surface area contributed by atoms with Gasteiger partial charge in [0.25, 0.3) is 0 Å². The lowest BCUT2D eigenvalue weighted by Gasteiger charge is -2.39. The second-order valence-electron chi connectivity index (χ2n) is 16.3. The molecule has 1 spiro atoms. The minimum absolute atomic E-state index is 0.588. The van der Waals surface area contributed by atoms with Crippen molar-refractivity contribution in [3.05, 3.63) is 216 Å². The molecule has 288 valence electrons. The zero-order valence-corrected chi connectivity index (χ0v) is 33.9. The molecule has 3 aromatic heterocycles. The summed E-state index contributed by atoms with van der Waals surface area (Å²) in [5, 5.41) is 5.66. The third-order valence-corrected chi connectivity index (χ3v) is 14.3. The predicted octanol–water partition coefficient (Wildman–Crippen LogP) is 15.4. The quantitative estimate of drug-likeness (QED) is 0.178. The summed E-state index contributed by atoms with van der Waals surface area (Å²) in [5.41, 5.74) is 14.6. The number of nitrogens with zero attached hydrogens (tertiary/aromatic N) is 2. The van der Waals surface area contributed by atoms with Crippen LogP contribution in [-0.2, 0) is 5.41 Å². The van der Waals surface area contributed by atoms with Crippen molar-refractivity contribution < 1.29 is 9.15 Å². The van der Waals surface area contributed by atoms with Crippen LogP contribution in [0.1, 0.15) is 22.3 Å². The van der Waals surface area contributed by atoms with Crippen LogP contribution in [0.25, 0.3) is 97.9 Å². The largest absolute Gasteiger partial charge is 0.457 e. The van der Waals surface area contributed by atoms with Crippen molar-refractivity contribution in [1.82, 2.24) is 9.97 Å². The van der Waals surface area contributed by atoms with Crippen LogP contribution in [0.4, 0.5) is 0 Å². The van der Waals surface area contributed by atoms with Crippen molar-refractivity contribution in [3.63, 3.8) is 0 Å². The predicted molar refractivity (Wildman–Crippen MR) is 253 cm³/mol. The van der Waals surface area contributed by atoms with Gasteiger partial charge in [-0.05, 0) is 92.7 Å². The fourth-order valence-electron chi connectivity index (χ4n) is 10.6. The molecule has 1 aliphatic carbocycles. The van der Waals surface area contributed by atoms with Gasteiger partial charge in [0.1, 0.15) is 22.7 Å². The summed E-state index contributed by atoms with van der Waals surface area (Å²) in [6.07, 6.45) is 0. The van der Waals surface area contributed by atoms with Crippen LogP contribution in [0.2, 0.25) is 0 Å². The summed E-state index contributed by atoms with van der Waals surface area (Å²) in [7, 11) is 0. The molecular formula is C57H32N2O2S. The monoisotopic (exact) mass is 808 g/mol. The summed E-state index contributed by atoms with van der Waals surface area (Å²) in [6, 6.07) is 69.4. The van der Waals surface area contributed by atoms with Crippen LogP contribution in [0.5, 0.6) is 11.5 Å². The molecular weight excluding hydrogens is 777 g/mol. The Bertz CT molecular complexity index is 3820. The van der Waals surface area contributed by atoms with E-state index >= 15 is 0 Å². The first-order valence-corrected chi connectivity index (χ1v) is 21.8. The molecule has 9 aromatic carbocycles. The van der Waals surface area contributed by atoms with Gasteiger partial charge >= 0.3 is 0 Å². The van der Waals surface area contributed by atoms with Gasteiger partial charge in [-0.3, -0.25) is 0 Å². The van der Waals surface area contributed by atoms with Crippen molar-refractivity contribution in [1.29, 1.82) is 0 Å². The highest BCUT2D eigenvalue weighted by Gasteiger charge is 2.51. The van der Waals surface area contributed by atoms with Crippen molar-refractivity contribution in [2.24, 2.45) is 0 Å². The average molecular weight is 809 g/mol. The Balaban J connectivity index is 1.05. The maximum absolute atomic E-state index is 6.70. The smallest absolute Gasteiger partial charge is 0.160 e. The highest BCUT2D eigenvalue weighted by molar-refractivity contribution is 7.26. The van der Waals surface area contributed by atoms with Crippen LogP contribution in [0.3, 0.4) is 0 Å². The lowest BCUT2D eigenvalue weighted by molar-refractivity contribution is 0.436. The number of thiophene rings is 1. The summed E-state index contributed by atoms with van der Waals surface area (Å²) in [4.78, 5) is 10.6. The van der Waals surface area contributed by atoms with Crippen molar-refractivity contribution in [3.8, 4) is 56.4 Å². The zero-order valence-electron chi connectivity index (χ0n) is 33.1. The van der Waals surface area contributed by atoms with Crippen LogP contribution < -0.4 is 4.74 Å². The number of benzene rings is 9. The number of ether oxygens (including phenoxy) is 1. The van der Waals surface area contributed by atoms with E-state index in [0.29, 0.717) is 5.82 Å². The van der Waals surface area contributed by atoms with Crippen molar-refractivity contribution >= 4 is 64.4 Å². The number of fused-ring (bicyclic) bond motifs is 16. The molecule has 1 aliphatic heterocycles. The molecule has 4 nitrogen and oxygen atoms in total. The number of furan rings is 1. The highest BCUT2D eigenvalue weighted by Crippen LogP contribution is 2.64. The fourth-order valence-corrected chi connectivity index (χ4v) is 11.7. The number of para-hydroxylation sites is 2. The van der Waals surface area contributed by atoms with E-state index in [1.54, 1.807) is 11.3 Å². The van der Waals surface area contributed by atoms with E-state index in [0.717, 1.165) is 82.6 Å². The molecule has 0 bridgehead atoms. The normalized spacial score (nSPS) is 13.4. The molecule has 0 radical (unpaired) electrons. The molecule has 0 unspecified atom stereocenters. The molecule has 0 atom stereocenters. The van der Waals surface area contributed by atoms with E-state index < -0.39 is 5.41 Å². The van der Waals surface area contributed by atoms with E-state index in [1.807, 2.05) is 18.2 Å². The molecule has 12 aromatic rings. The minimum Gasteiger partial charge on any atom is -0.457 e. The van der Waals surface area contributed by atoms with Crippen molar-refractivity contribution in [2.45, 2.75) is 5.41 Å². The van der Waals surface area contributed by atoms with Gasteiger partial charge in [-0.2, -0.15) is 0 Å². The van der Waals surface area contributed by atoms with E-state index in [2.05, 4.69) is 176 Å². The Kier molecular flexibility index (Phi) is 6.88. The maximum atomic E-state index is 6.70. The Morgan fingerprint density at radius 3 is 1.98 bits per heavy atom. The SMILES string of the molecule is c1ccc(-c2nc(-c3cccc4oc5ccc(-c6cccc7c6-c6cc8ccccc8cc6C76c7ccccc7Oc7ccccc76)cc5c34)c3sc4ccccc4c3n2)cc1. The molecule has 0 saturated carbocycles. The number of hydrogen-bond acceptors (Lipinski definition) is 5. The average Bonchev–Trinajstić information content (AvgIpc) is 3.99. The van der Waals surface area contributed by atoms with Crippen LogP contribution in [0, 0.1) is 0 Å². The third-order valence-electron chi connectivity index (χ3n) is 13.1. The van der Waals surface area contributed by atoms with Gasteiger partial charge in [0.15, 0.2) is 5.82 Å². The first-order valence-electron chi connectivity index (χ1n) is 21.0. The first kappa shape index (κ1) is 33.9. The van der Waals surface area contributed by atoms with Crippen LogP contribution in [0.15, 0.2) is 199 Å². The van der Waals surface area contributed by atoms with E-state index in [-0.39, 0.29) is 0 Å². The minimum atomic E-state index is -0.588. The molecule has 0 amide bonds. The van der Waals surface area contributed by atoms with Gasteiger partial charge in [-0.15, -0.1) is 11.3 Å². The topological polar surface area (TPSA) is 48.2 Å². The molecule has 0 fully saturated rings. The van der Waals surface area contributed by atoms with Crippen LogP contribution >= 0.6 is 11.3 Å². The second kappa shape index (κ2) is 12.6. The van der Waals surface area contributed by atoms with Gasteiger partial charge in [0, 0.05) is 43.1 Å². The Labute approximate surface area is 360 Å². The first-order chi connectivity index (χ1) is 30.7. The van der Waals surface area contributed by atoms with E-state index in [1.165, 1.54) is 43.3 Å². The molecule has 5 heteroatoms.